The number of unbranched alkanes of at least 4 members (excludes halogenated alkanes) is 10. The average Bonchev–Trinajstić information content (AvgIpc) is 3.55. The van der Waals surface area contributed by atoms with Crippen LogP contribution in [0.3, 0.4) is 0 Å². The van der Waals surface area contributed by atoms with Crippen LogP contribution in [-0.2, 0) is 23.9 Å². The number of carboxylic acids is 1. The molecule has 2 atom stereocenters. The predicted molar refractivity (Wildman–Crippen MR) is 190 cm³/mol. The van der Waals surface area contributed by atoms with E-state index in [4.69, 9.17) is 9.47 Å². The normalized spacial score (nSPS) is 21.0. The number of aliphatic carboxylic acids is 1. The Labute approximate surface area is 287 Å². The summed E-state index contributed by atoms with van der Waals surface area (Å²) >= 11 is 0. The molecule has 0 spiro atoms. The number of amides is 2. The average molecular weight is 663 g/mol. The van der Waals surface area contributed by atoms with Crippen LogP contribution < -0.4 is 10.6 Å². The second kappa shape index (κ2) is 19.9. The minimum Gasteiger partial charge on any atom is -0.481 e. The highest BCUT2D eigenvalue weighted by atomic mass is 16.7. The van der Waals surface area contributed by atoms with Gasteiger partial charge >= 0.3 is 5.97 Å². The second-order valence-electron chi connectivity index (χ2n) is 16.2. The maximum absolute atomic E-state index is 13.4. The van der Waals surface area contributed by atoms with Gasteiger partial charge in [-0.25, -0.2) is 0 Å². The van der Waals surface area contributed by atoms with Crippen molar-refractivity contribution in [2.75, 3.05) is 19.7 Å². The fraction of sp³-hybridized carbons (Fsp3) is 0.872. The van der Waals surface area contributed by atoms with Gasteiger partial charge in [0.15, 0.2) is 5.79 Å². The summed E-state index contributed by atoms with van der Waals surface area (Å²) in [6.45, 7) is 14.2. The zero-order chi connectivity index (χ0) is 35.0. The maximum Gasteiger partial charge on any atom is 0.311 e. The fourth-order valence-corrected chi connectivity index (χ4v) is 7.14. The summed E-state index contributed by atoms with van der Waals surface area (Å²) in [6, 6.07) is 0. The monoisotopic (exact) mass is 663 g/mol. The molecule has 8 nitrogen and oxygen atoms in total. The van der Waals surface area contributed by atoms with E-state index in [1.165, 1.54) is 57.8 Å². The van der Waals surface area contributed by atoms with E-state index >= 15 is 0 Å². The minimum absolute atomic E-state index is 0.0105. The van der Waals surface area contributed by atoms with E-state index in [1.807, 2.05) is 27.7 Å². The molecule has 2 fully saturated rings. The zero-order valence-electron chi connectivity index (χ0n) is 31.1. The highest BCUT2D eigenvalue weighted by Crippen LogP contribution is 2.43. The Morgan fingerprint density at radius 2 is 1.40 bits per heavy atom. The van der Waals surface area contributed by atoms with Crippen molar-refractivity contribution in [3.63, 3.8) is 0 Å². The van der Waals surface area contributed by atoms with Gasteiger partial charge in [0.2, 0.25) is 11.8 Å². The molecule has 0 aromatic carbocycles. The Bertz CT molecular complexity index is 984. The predicted octanol–water partition coefficient (Wildman–Crippen LogP) is 8.72. The van der Waals surface area contributed by atoms with Crippen LogP contribution in [0, 0.1) is 22.2 Å². The van der Waals surface area contributed by atoms with E-state index in [9.17, 15) is 19.5 Å². The lowest BCUT2D eigenvalue weighted by molar-refractivity contribution is -0.304. The third-order valence-electron chi connectivity index (χ3n) is 10.6. The molecule has 0 aromatic rings. The number of rotatable bonds is 23. The molecule has 2 amide bonds. The lowest BCUT2D eigenvalue weighted by Gasteiger charge is -2.45. The van der Waals surface area contributed by atoms with Gasteiger partial charge in [0.25, 0.3) is 0 Å². The van der Waals surface area contributed by atoms with Crippen molar-refractivity contribution in [1.82, 2.24) is 10.6 Å². The van der Waals surface area contributed by atoms with Crippen LogP contribution in [0.5, 0.6) is 0 Å². The van der Waals surface area contributed by atoms with Crippen molar-refractivity contribution < 1.29 is 29.0 Å². The first-order valence-corrected chi connectivity index (χ1v) is 18.9. The van der Waals surface area contributed by atoms with Gasteiger partial charge in [-0.2, -0.15) is 0 Å². The lowest BCUT2D eigenvalue weighted by Crippen LogP contribution is -2.58. The molecule has 2 aliphatic rings. The molecule has 0 aromatic heterocycles. The Hall–Kier alpha value is -1.93. The summed E-state index contributed by atoms with van der Waals surface area (Å²) in [5.41, 5.74) is -2.23. The van der Waals surface area contributed by atoms with Crippen molar-refractivity contribution in [3.8, 4) is 0 Å². The van der Waals surface area contributed by atoms with Gasteiger partial charge in [0.05, 0.1) is 12.0 Å². The molecule has 272 valence electrons. The van der Waals surface area contributed by atoms with Crippen LogP contribution in [-0.4, -0.2) is 54.5 Å². The van der Waals surface area contributed by atoms with Crippen LogP contribution in [0.25, 0.3) is 0 Å². The summed E-state index contributed by atoms with van der Waals surface area (Å²) < 4.78 is 11.8. The lowest BCUT2D eigenvalue weighted by atomic mass is 9.71. The topological polar surface area (TPSA) is 114 Å². The molecule has 1 aliphatic carbocycles. The molecule has 1 aliphatic heterocycles. The number of ether oxygens (including phenoxy) is 2. The van der Waals surface area contributed by atoms with E-state index in [-0.39, 0.29) is 37.2 Å². The molecule has 0 bridgehead atoms. The number of hydrogen-bond donors (Lipinski definition) is 3. The first-order valence-electron chi connectivity index (χ1n) is 18.9. The van der Waals surface area contributed by atoms with E-state index in [0.717, 1.165) is 51.4 Å². The SMILES string of the molecule is CCCCCCCCC=CCCCCCCC(C)(C)C(=O)NCCC(CNC(=O)C1OC(C)(C)OCC1(C)C)(C(=O)O)C1CCCC1. The molecule has 2 rings (SSSR count). The first-order chi connectivity index (χ1) is 22.2. The number of carbonyl (C=O) groups excluding carboxylic acids is 2. The van der Waals surface area contributed by atoms with Gasteiger partial charge in [-0.05, 0) is 71.1 Å². The second-order valence-corrected chi connectivity index (χ2v) is 16.2. The van der Waals surface area contributed by atoms with Crippen LogP contribution in [0.2, 0.25) is 0 Å². The molecule has 1 heterocycles. The molecule has 2 unspecified atom stereocenters. The van der Waals surface area contributed by atoms with E-state index in [2.05, 4.69) is 29.7 Å². The molecule has 3 N–H and O–H groups in total. The maximum atomic E-state index is 13.4. The molecule has 47 heavy (non-hydrogen) atoms. The Balaban J connectivity index is 1.80. The largest absolute Gasteiger partial charge is 0.481 e. The molecular formula is C39H70N2O6. The molecule has 1 saturated heterocycles. The highest BCUT2D eigenvalue weighted by Gasteiger charge is 2.49. The Kier molecular flexibility index (Phi) is 17.5. The van der Waals surface area contributed by atoms with Crippen molar-refractivity contribution in [1.29, 1.82) is 0 Å². The van der Waals surface area contributed by atoms with Gasteiger partial charge in [-0.15, -0.1) is 0 Å². The fourth-order valence-electron chi connectivity index (χ4n) is 7.14. The summed E-state index contributed by atoms with van der Waals surface area (Å²) in [6.07, 6.45) is 23.4. The van der Waals surface area contributed by atoms with Crippen LogP contribution in [0.15, 0.2) is 12.2 Å². The van der Waals surface area contributed by atoms with Gasteiger partial charge in [-0.1, -0.05) is 111 Å². The first kappa shape index (κ1) is 41.2. The minimum atomic E-state index is -1.16. The van der Waals surface area contributed by atoms with Crippen molar-refractivity contribution in [2.45, 2.75) is 176 Å². The van der Waals surface area contributed by atoms with Crippen LogP contribution >= 0.6 is 0 Å². The number of carbonyl (C=O) groups is 3. The Morgan fingerprint density at radius 3 is 2.00 bits per heavy atom. The number of hydrogen-bond acceptors (Lipinski definition) is 5. The van der Waals surface area contributed by atoms with Gasteiger partial charge in [0.1, 0.15) is 6.10 Å². The van der Waals surface area contributed by atoms with E-state index < -0.39 is 34.1 Å². The number of carboxylic acid groups (broad SMARTS) is 1. The number of allylic oxidation sites excluding steroid dienone is 2. The number of nitrogens with one attached hydrogen (secondary N) is 2. The molecule has 1 saturated carbocycles. The van der Waals surface area contributed by atoms with Crippen molar-refractivity contribution in [3.05, 3.63) is 12.2 Å². The van der Waals surface area contributed by atoms with Gasteiger partial charge < -0.3 is 25.2 Å². The van der Waals surface area contributed by atoms with Gasteiger partial charge in [-0.3, -0.25) is 14.4 Å². The third-order valence-corrected chi connectivity index (χ3v) is 10.6. The highest BCUT2D eigenvalue weighted by molar-refractivity contribution is 5.84. The van der Waals surface area contributed by atoms with Gasteiger partial charge in [0, 0.05) is 23.9 Å². The van der Waals surface area contributed by atoms with Crippen LogP contribution in [0.1, 0.15) is 164 Å². The standard InChI is InChI=1S/C39H70N2O6/c1-8-9-10-11-12-13-14-15-16-17-18-19-20-23-26-36(2,3)34(43)40-28-27-39(35(44)45,31-24-21-22-25-31)29-41-33(42)32-37(4,5)30-46-38(6,7)47-32/h15-16,31-32H,8-14,17-30H2,1-7H3,(H,40,43)(H,41,42)(H,44,45). The smallest absolute Gasteiger partial charge is 0.311 e. The summed E-state index contributed by atoms with van der Waals surface area (Å²) in [5.74, 6) is -2.22. The Morgan fingerprint density at radius 1 is 0.830 bits per heavy atom. The van der Waals surface area contributed by atoms with Crippen molar-refractivity contribution >= 4 is 17.8 Å². The van der Waals surface area contributed by atoms with E-state index in [1.54, 1.807) is 13.8 Å². The van der Waals surface area contributed by atoms with Crippen LogP contribution in [0.4, 0.5) is 0 Å². The zero-order valence-corrected chi connectivity index (χ0v) is 31.1. The summed E-state index contributed by atoms with van der Waals surface area (Å²) in [5, 5.41) is 16.6. The van der Waals surface area contributed by atoms with Crippen molar-refractivity contribution in [2.24, 2.45) is 22.2 Å². The van der Waals surface area contributed by atoms with E-state index in [0.29, 0.717) is 6.61 Å². The summed E-state index contributed by atoms with van der Waals surface area (Å²) in [4.78, 5) is 39.6. The quantitative estimate of drug-likeness (QED) is 0.0745. The molecule has 0 radical (unpaired) electrons. The third kappa shape index (κ3) is 13.8. The molecule has 8 heteroatoms. The molecular weight excluding hydrogens is 592 g/mol. The summed E-state index contributed by atoms with van der Waals surface area (Å²) in [7, 11) is 0.